The molecule has 2 aromatic heterocycles. The number of amides is 4. The summed E-state index contributed by atoms with van der Waals surface area (Å²) in [4.78, 5) is 61.9. The molecule has 6 atom stereocenters. The zero-order valence-electron chi connectivity index (χ0n) is 29.3. The third kappa shape index (κ3) is 6.84. The summed E-state index contributed by atoms with van der Waals surface area (Å²) in [5, 5.41) is 12.2. The molecule has 1 aliphatic carbocycles. The van der Waals surface area contributed by atoms with Crippen molar-refractivity contribution < 1.29 is 19.2 Å². The number of nitrogens with zero attached hydrogens (tertiary/aromatic N) is 2. The minimum Gasteiger partial charge on any atom is -0.350 e. The summed E-state index contributed by atoms with van der Waals surface area (Å²) >= 11 is 0. The normalized spacial score (nSPS) is 25.6. The Labute approximate surface area is 283 Å². The molecule has 10 heteroatoms. The molecule has 8 rings (SSSR count). The number of hydrogen-bond donors (Lipinski definition) is 4. The molecule has 6 heterocycles. The number of pyridine rings is 2. The van der Waals surface area contributed by atoms with Crippen LogP contribution >= 0.6 is 0 Å². The Kier molecular flexibility index (Phi) is 10.3. The predicted octanol–water partition coefficient (Wildman–Crippen LogP) is 4.83. The summed E-state index contributed by atoms with van der Waals surface area (Å²) in [6, 6.07) is 9.84. The molecule has 4 N–H and O–H groups in total. The fourth-order valence-corrected chi connectivity index (χ4v) is 7.75. The van der Waals surface area contributed by atoms with Gasteiger partial charge in [-0.25, -0.2) is 9.97 Å². The molecule has 0 spiro atoms. The van der Waals surface area contributed by atoms with E-state index in [-0.39, 0.29) is 95.0 Å². The molecule has 254 valence electrons. The van der Waals surface area contributed by atoms with Crippen molar-refractivity contribution in [2.24, 2.45) is 35.5 Å². The van der Waals surface area contributed by atoms with E-state index in [1.165, 1.54) is 0 Å². The van der Waals surface area contributed by atoms with E-state index in [9.17, 15) is 19.2 Å². The number of rotatable bonds is 0. The highest BCUT2D eigenvalue weighted by molar-refractivity contribution is 5.97. The van der Waals surface area contributed by atoms with Gasteiger partial charge in [-0.05, 0) is 121 Å². The van der Waals surface area contributed by atoms with Crippen LogP contribution < -0.4 is 21.3 Å². The van der Waals surface area contributed by atoms with Crippen LogP contribution in [0.3, 0.4) is 0 Å². The molecule has 5 aliphatic rings. The molecule has 8 bridgehead atoms. The molecule has 4 amide bonds. The van der Waals surface area contributed by atoms with Gasteiger partial charge in [0.05, 0.1) is 0 Å². The second-order valence-electron chi connectivity index (χ2n) is 13.8. The third-order valence-electron chi connectivity index (χ3n) is 11.6. The largest absolute Gasteiger partial charge is 0.350 e. The van der Waals surface area contributed by atoms with Crippen LogP contribution in [-0.2, 0) is 13.1 Å². The molecule has 1 fully saturated rings. The molecule has 3 unspecified atom stereocenters. The van der Waals surface area contributed by atoms with Crippen LogP contribution in [0.2, 0.25) is 0 Å². The highest BCUT2D eigenvalue weighted by Gasteiger charge is 2.43. The van der Waals surface area contributed by atoms with E-state index in [0.717, 1.165) is 33.4 Å². The summed E-state index contributed by atoms with van der Waals surface area (Å²) in [5.41, 5.74) is 6.80. The monoisotopic (exact) mass is 652 g/mol. The Morgan fingerprint density at radius 2 is 0.750 bits per heavy atom. The molecule has 1 aromatic carbocycles. The van der Waals surface area contributed by atoms with E-state index in [1.54, 1.807) is 36.4 Å². The number of carbonyl (C=O) groups is 4. The maximum atomic E-state index is 13.3. The Morgan fingerprint density at radius 3 is 1.04 bits per heavy atom. The van der Waals surface area contributed by atoms with Crippen LogP contribution in [0, 0.1) is 63.2 Å². The zero-order chi connectivity index (χ0) is 34.9. The topological polar surface area (TPSA) is 142 Å². The molecule has 1 saturated carbocycles. The molecule has 10 nitrogen and oxygen atoms in total. The van der Waals surface area contributed by atoms with Gasteiger partial charge in [-0.3, -0.25) is 19.2 Å². The summed E-state index contributed by atoms with van der Waals surface area (Å²) in [5.74, 6) is 0.213. The lowest BCUT2D eigenvalue weighted by Gasteiger charge is -2.48. The number of nitrogens with one attached hydrogen (secondary N) is 4. The van der Waals surface area contributed by atoms with Gasteiger partial charge in [-0.15, -0.1) is 0 Å². The summed E-state index contributed by atoms with van der Waals surface area (Å²) in [7, 11) is 0. The van der Waals surface area contributed by atoms with Gasteiger partial charge in [0.2, 0.25) is 0 Å². The molecule has 0 radical (unpaired) electrons. The van der Waals surface area contributed by atoms with Crippen LogP contribution in [0.15, 0.2) is 36.4 Å². The van der Waals surface area contributed by atoms with Crippen molar-refractivity contribution in [1.29, 1.82) is 0 Å². The first kappa shape index (κ1) is 34.7. The summed E-state index contributed by atoms with van der Waals surface area (Å²) < 4.78 is 0. The van der Waals surface area contributed by atoms with Gasteiger partial charge in [0.15, 0.2) is 0 Å². The van der Waals surface area contributed by atoms with Crippen LogP contribution in [0.5, 0.6) is 0 Å². The smallest absolute Gasteiger partial charge is 0.270 e. The second kappa shape index (κ2) is 14.3. The molecule has 4 aliphatic heterocycles. The predicted molar refractivity (Wildman–Crippen MR) is 185 cm³/mol. The fraction of sp³-hybridized carbons (Fsp3) is 0.474. The lowest BCUT2D eigenvalue weighted by molar-refractivity contribution is 0.0124. The average Bonchev–Trinajstić information content (AvgIpc) is 3.09. The Bertz CT molecular complexity index is 1580. The lowest BCUT2D eigenvalue weighted by Crippen LogP contribution is -2.50. The van der Waals surface area contributed by atoms with E-state index in [2.05, 4.69) is 58.9 Å². The van der Waals surface area contributed by atoms with Crippen molar-refractivity contribution >= 4 is 23.6 Å². The number of hydrogen-bond acceptors (Lipinski definition) is 6. The minimum atomic E-state index is -0.360. The van der Waals surface area contributed by atoms with E-state index in [4.69, 9.17) is 0 Å². The number of carbonyl (C=O) groups excluding carboxylic acids is 4. The van der Waals surface area contributed by atoms with Gasteiger partial charge < -0.3 is 21.3 Å². The van der Waals surface area contributed by atoms with E-state index in [1.807, 2.05) is 27.7 Å². The zero-order valence-corrected chi connectivity index (χ0v) is 29.3. The molecule has 48 heavy (non-hydrogen) atoms. The van der Waals surface area contributed by atoms with Gasteiger partial charge in [0, 0.05) is 26.2 Å². The Hall–Kier alpha value is -4.60. The standard InChI is InChI=1S/C38H48N6O4/c1-19-20(2)28-16-40-36(46)32-12-10-14-34(44-32)38(48)42-18-30-25(7)23(5)29(24(6)26(30)8)17-41-37(47)33-13-9-11-31(43-33)35(45)39-15-27(19)21(3)22(28)4/h9-14,19-22,27-28H,15-18H2,1-8H3,(H,39,45)(H,40,46)(H,41,47)(H,42,48)/t19-,20+,21+,22?,27?,28?/m1/s1. The van der Waals surface area contributed by atoms with Crippen molar-refractivity contribution in [3.05, 3.63) is 92.6 Å². The number of aromatic nitrogens is 2. The Morgan fingerprint density at radius 1 is 0.479 bits per heavy atom. The quantitative estimate of drug-likeness (QED) is 0.274. The van der Waals surface area contributed by atoms with Crippen LogP contribution in [-0.4, -0.2) is 46.7 Å². The second-order valence-corrected chi connectivity index (χ2v) is 13.8. The summed E-state index contributed by atoms with van der Waals surface area (Å²) in [6.07, 6.45) is 0. The maximum absolute atomic E-state index is 13.3. The van der Waals surface area contributed by atoms with Crippen molar-refractivity contribution in [1.82, 2.24) is 31.2 Å². The van der Waals surface area contributed by atoms with Gasteiger partial charge in [0.25, 0.3) is 23.6 Å². The van der Waals surface area contributed by atoms with E-state index >= 15 is 0 Å². The minimum absolute atomic E-state index is 0.177. The first-order valence-corrected chi connectivity index (χ1v) is 16.9. The van der Waals surface area contributed by atoms with Crippen molar-refractivity contribution in [2.45, 2.75) is 68.5 Å². The highest BCUT2D eigenvalue weighted by atomic mass is 16.2. The molecular formula is C38H48N6O4. The highest BCUT2D eigenvalue weighted by Crippen LogP contribution is 2.45. The first-order chi connectivity index (χ1) is 22.8. The van der Waals surface area contributed by atoms with Crippen molar-refractivity contribution in [3.63, 3.8) is 0 Å². The Balaban J connectivity index is 1.47. The van der Waals surface area contributed by atoms with Crippen molar-refractivity contribution in [2.75, 3.05) is 13.1 Å². The summed E-state index contributed by atoms with van der Waals surface area (Å²) in [6.45, 7) is 18.4. The molecule has 3 aromatic rings. The third-order valence-corrected chi connectivity index (χ3v) is 11.6. The van der Waals surface area contributed by atoms with Crippen LogP contribution in [0.1, 0.15) is 103 Å². The van der Waals surface area contributed by atoms with Crippen molar-refractivity contribution in [3.8, 4) is 0 Å². The fourth-order valence-electron chi connectivity index (χ4n) is 7.75. The van der Waals surface area contributed by atoms with E-state index < -0.39 is 0 Å². The van der Waals surface area contributed by atoms with Crippen LogP contribution in [0.25, 0.3) is 0 Å². The van der Waals surface area contributed by atoms with Gasteiger partial charge in [0.1, 0.15) is 22.8 Å². The van der Waals surface area contributed by atoms with Gasteiger partial charge >= 0.3 is 0 Å². The van der Waals surface area contributed by atoms with Gasteiger partial charge in [-0.2, -0.15) is 0 Å². The lowest BCUT2D eigenvalue weighted by atomic mass is 9.58. The number of benzene rings is 1. The van der Waals surface area contributed by atoms with Gasteiger partial charge in [-0.1, -0.05) is 39.8 Å². The van der Waals surface area contributed by atoms with Crippen LogP contribution in [0.4, 0.5) is 0 Å². The average molecular weight is 653 g/mol. The molecular weight excluding hydrogens is 604 g/mol. The maximum Gasteiger partial charge on any atom is 0.270 e. The SMILES string of the molecule is Cc1c(C)c2c(C)c(C)c1CNC(=O)c1cccc(n1)C(=O)NCC1C(C)[C@H](C)C(CNC(=O)c3cccc(n3)C(=O)NC2)[C@H](C)[C@@H]1C. The first-order valence-electron chi connectivity index (χ1n) is 16.9. The molecule has 0 saturated heterocycles. The van der Waals surface area contributed by atoms with E-state index in [0.29, 0.717) is 13.1 Å².